The van der Waals surface area contributed by atoms with Crippen LogP contribution in [0.1, 0.15) is 0 Å². The maximum absolute atomic E-state index is 13.2. The number of halogens is 1. The zero-order valence-electron chi connectivity index (χ0n) is 13.4. The van der Waals surface area contributed by atoms with Crippen molar-refractivity contribution >= 4 is 29.8 Å². The second-order valence-electron chi connectivity index (χ2n) is 4.29. The summed E-state index contributed by atoms with van der Waals surface area (Å²) in [5, 5.41) is 1.70. The Labute approximate surface area is 146 Å². The summed E-state index contributed by atoms with van der Waals surface area (Å²) in [6.45, 7) is 3.95. The SMILES string of the molecule is CSNCCOCCOCCOCCOCC(F)CNC(=O)S. The molecular weight excluding hydrogens is 347 g/mol. The Kier molecular flexibility index (Phi) is 18.2. The number of carbonyl (C=O) groups excluding carboxylic acids is 1. The van der Waals surface area contributed by atoms with Crippen molar-refractivity contribution in [3.63, 3.8) is 0 Å². The fourth-order valence-corrected chi connectivity index (χ4v) is 1.72. The number of rotatable bonds is 17. The number of thiol groups is 1. The topological polar surface area (TPSA) is 78.1 Å². The van der Waals surface area contributed by atoms with Crippen molar-refractivity contribution in [2.45, 2.75) is 6.17 Å². The summed E-state index contributed by atoms with van der Waals surface area (Å²) in [6.07, 6.45) is 0.716. The smallest absolute Gasteiger partial charge is 0.276 e. The van der Waals surface area contributed by atoms with Crippen LogP contribution in [0.5, 0.6) is 0 Å². The van der Waals surface area contributed by atoms with E-state index in [1.807, 2.05) is 6.26 Å². The summed E-state index contributed by atoms with van der Waals surface area (Å²) in [4.78, 5) is 10.5. The van der Waals surface area contributed by atoms with Crippen LogP contribution in [0.4, 0.5) is 9.18 Å². The number of ether oxygens (including phenoxy) is 4. The molecule has 0 aliphatic heterocycles. The Morgan fingerprint density at radius 2 is 1.57 bits per heavy atom. The third kappa shape index (κ3) is 19.9. The molecule has 0 aromatic carbocycles. The van der Waals surface area contributed by atoms with Gasteiger partial charge in [0, 0.05) is 6.54 Å². The highest BCUT2D eigenvalue weighted by Gasteiger charge is 2.06. The predicted octanol–water partition coefficient (Wildman–Crippen LogP) is 0.898. The second kappa shape index (κ2) is 18.2. The van der Waals surface area contributed by atoms with Gasteiger partial charge < -0.3 is 24.3 Å². The molecule has 1 atom stereocenters. The Bertz CT molecular complexity index is 281. The third-order valence-corrected chi connectivity index (χ3v) is 3.03. The molecule has 0 aliphatic carbocycles. The van der Waals surface area contributed by atoms with E-state index in [0.717, 1.165) is 6.54 Å². The van der Waals surface area contributed by atoms with Gasteiger partial charge in [0.1, 0.15) is 6.17 Å². The van der Waals surface area contributed by atoms with E-state index >= 15 is 0 Å². The molecule has 0 fully saturated rings. The van der Waals surface area contributed by atoms with Gasteiger partial charge in [0.15, 0.2) is 0 Å². The predicted molar refractivity (Wildman–Crippen MR) is 92.1 cm³/mol. The van der Waals surface area contributed by atoms with Crippen LogP contribution >= 0.6 is 24.6 Å². The molecule has 0 saturated carbocycles. The first-order chi connectivity index (χ1) is 11.2. The lowest BCUT2D eigenvalue weighted by molar-refractivity contribution is -0.00720. The molecule has 0 bridgehead atoms. The average Bonchev–Trinajstić information content (AvgIpc) is 2.53. The van der Waals surface area contributed by atoms with Crippen LogP contribution in [0.25, 0.3) is 0 Å². The Balaban J connectivity index is 3.09. The van der Waals surface area contributed by atoms with Crippen molar-refractivity contribution < 1.29 is 28.1 Å². The number of carbonyl (C=O) groups is 1. The molecule has 2 N–H and O–H groups in total. The van der Waals surface area contributed by atoms with Crippen LogP contribution in [0.15, 0.2) is 0 Å². The van der Waals surface area contributed by atoms with Crippen molar-refractivity contribution in [1.82, 2.24) is 10.0 Å². The monoisotopic (exact) mass is 374 g/mol. The molecule has 0 heterocycles. The highest BCUT2D eigenvalue weighted by Crippen LogP contribution is 1.92. The van der Waals surface area contributed by atoms with Crippen LogP contribution < -0.4 is 10.0 Å². The van der Waals surface area contributed by atoms with Gasteiger partial charge in [-0.2, -0.15) is 0 Å². The van der Waals surface area contributed by atoms with Gasteiger partial charge in [0.05, 0.1) is 59.4 Å². The maximum Gasteiger partial charge on any atom is 0.276 e. The van der Waals surface area contributed by atoms with E-state index in [9.17, 15) is 9.18 Å². The van der Waals surface area contributed by atoms with Crippen molar-refractivity contribution in [1.29, 1.82) is 0 Å². The van der Waals surface area contributed by atoms with Crippen LogP contribution in [-0.4, -0.2) is 83.6 Å². The molecule has 23 heavy (non-hydrogen) atoms. The summed E-state index contributed by atoms with van der Waals surface area (Å²) in [6, 6.07) is 0. The van der Waals surface area contributed by atoms with Gasteiger partial charge in [-0.25, -0.2) is 4.39 Å². The van der Waals surface area contributed by atoms with E-state index in [-0.39, 0.29) is 13.2 Å². The van der Waals surface area contributed by atoms with Crippen molar-refractivity contribution in [2.24, 2.45) is 0 Å². The standard InChI is InChI=1S/C13H27FN2O5S2/c1-23-16-2-3-18-4-5-19-6-7-20-8-9-21-11-12(14)10-15-13(17)22/h12,16H,2-11H2,1H3,(H2,15,17,22). The largest absolute Gasteiger partial charge is 0.378 e. The molecule has 1 amide bonds. The molecule has 0 saturated heterocycles. The van der Waals surface area contributed by atoms with E-state index < -0.39 is 11.4 Å². The van der Waals surface area contributed by atoms with E-state index in [4.69, 9.17) is 18.9 Å². The van der Waals surface area contributed by atoms with E-state index in [0.29, 0.717) is 46.2 Å². The van der Waals surface area contributed by atoms with Crippen molar-refractivity contribution in [3.8, 4) is 0 Å². The Morgan fingerprint density at radius 3 is 2.09 bits per heavy atom. The van der Waals surface area contributed by atoms with Crippen LogP contribution in [0.3, 0.4) is 0 Å². The van der Waals surface area contributed by atoms with Gasteiger partial charge in [-0.15, -0.1) is 0 Å². The van der Waals surface area contributed by atoms with E-state index in [1.54, 1.807) is 11.9 Å². The number of hydrogen-bond acceptors (Lipinski definition) is 7. The normalized spacial score (nSPS) is 12.3. The molecule has 0 aliphatic rings. The molecule has 0 spiro atoms. The van der Waals surface area contributed by atoms with Crippen molar-refractivity contribution in [2.75, 3.05) is 72.2 Å². The van der Waals surface area contributed by atoms with Gasteiger partial charge in [0.2, 0.25) is 0 Å². The lowest BCUT2D eigenvalue weighted by Gasteiger charge is -2.10. The van der Waals surface area contributed by atoms with Gasteiger partial charge in [-0.3, -0.25) is 9.52 Å². The Hall–Kier alpha value is -0.100. The van der Waals surface area contributed by atoms with Gasteiger partial charge in [-0.05, 0) is 6.26 Å². The highest BCUT2D eigenvalue weighted by atomic mass is 32.2. The molecule has 0 rings (SSSR count). The first-order valence-corrected chi connectivity index (χ1v) is 9.01. The van der Waals surface area contributed by atoms with E-state index in [2.05, 4.69) is 22.7 Å². The second-order valence-corrected chi connectivity index (χ2v) is 5.40. The summed E-state index contributed by atoms with van der Waals surface area (Å²) >= 11 is 5.03. The van der Waals surface area contributed by atoms with Gasteiger partial charge in [0.25, 0.3) is 5.24 Å². The lowest BCUT2D eigenvalue weighted by atomic mass is 10.4. The molecule has 1 unspecified atom stereocenters. The van der Waals surface area contributed by atoms with Crippen LogP contribution in [-0.2, 0) is 18.9 Å². The number of amides is 1. The number of alkyl halides is 1. The zero-order valence-corrected chi connectivity index (χ0v) is 15.1. The molecular formula is C13H27FN2O5S2. The average molecular weight is 374 g/mol. The summed E-state index contributed by atoms with van der Waals surface area (Å²) in [7, 11) is 0. The lowest BCUT2D eigenvalue weighted by Crippen LogP contribution is -2.29. The molecule has 10 heteroatoms. The first-order valence-electron chi connectivity index (χ1n) is 7.34. The quantitative estimate of drug-likeness (QED) is 0.198. The van der Waals surface area contributed by atoms with Gasteiger partial charge >= 0.3 is 0 Å². The summed E-state index contributed by atoms with van der Waals surface area (Å²) in [5.41, 5.74) is 0. The van der Waals surface area contributed by atoms with E-state index in [1.165, 1.54) is 0 Å². The number of nitrogens with one attached hydrogen (secondary N) is 2. The zero-order chi connectivity index (χ0) is 17.2. The van der Waals surface area contributed by atoms with Crippen LogP contribution in [0.2, 0.25) is 0 Å². The fourth-order valence-electron chi connectivity index (χ4n) is 1.34. The minimum absolute atomic E-state index is 0.0867. The van der Waals surface area contributed by atoms with Gasteiger partial charge in [-0.1, -0.05) is 24.6 Å². The fraction of sp³-hybridized carbons (Fsp3) is 0.923. The molecule has 0 radical (unpaired) electrons. The third-order valence-electron chi connectivity index (χ3n) is 2.38. The minimum Gasteiger partial charge on any atom is -0.378 e. The molecule has 7 nitrogen and oxygen atoms in total. The molecule has 0 aromatic heterocycles. The maximum atomic E-state index is 13.2. The Morgan fingerprint density at radius 1 is 1.04 bits per heavy atom. The molecule has 138 valence electrons. The summed E-state index contributed by atoms with van der Waals surface area (Å²) in [5.74, 6) is 0. The van der Waals surface area contributed by atoms with Crippen LogP contribution in [0, 0.1) is 0 Å². The highest BCUT2D eigenvalue weighted by molar-refractivity contribution is 7.96. The van der Waals surface area contributed by atoms with Crippen molar-refractivity contribution in [3.05, 3.63) is 0 Å². The minimum atomic E-state index is -1.25. The molecule has 0 aromatic rings. The first kappa shape index (κ1) is 22.9. The number of hydrogen-bond donors (Lipinski definition) is 3. The summed E-state index contributed by atoms with van der Waals surface area (Å²) < 4.78 is 37.2.